The zero-order valence-electron chi connectivity index (χ0n) is 11.2. The maximum atomic E-state index is 12.2. The van der Waals surface area contributed by atoms with E-state index in [0.29, 0.717) is 23.3 Å². The van der Waals surface area contributed by atoms with E-state index in [1.165, 1.54) is 6.07 Å². The van der Waals surface area contributed by atoms with Crippen molar-refractivity contribution in [3.63, 3.8) is 0 Å². The van der Waals surface area contributed by atoms with Crippen LogP contribution in [0, 0.1) is 0 Å². The first-order valence-corrected chi connectivity index (χ1v) is 6.78. The van der Waals surface area contributed by atoms with Crippen molar-refractivity contribution >= 4 is 17.0 Å². The topological polar surface area (TPSA) is 39.4 Å². The highest BCUT2D eigenvalue weighted by Gasteiger charge is 2.10. The van der Waals surface area contributed by atoms with Crippen LogP contribution in [0.25, 0.3) is 28.4 Å². The van der Waals surface area contributed by atoms with Crippen LogP contribution in [0.3, 0.4) is 0 Å². The van der Waals surface area contributed by atoms with E-state index in [-0.39, 0.29) is 5.43 Å². The van der Waals surface area contributed by atoms with Gasteiger partial charge in [0, 0.05) is 17.2 Å². The third-order valence-electron chi connectivity index (χ3n) is 3.56. The van der Waals surface area contributed by atoms with Crippen molar-refractivity contribution in [3.8, 4) is 17.1 Å². The summed E-state index contributed by atoms with van der Waals surface area (Å²) < 4.78 is 11.4. The third-order valence-corrected chi connectivity index (χ3v) is 3.56. The lowest BCUT2D eigenvalue weighted by Crippen LogP contribution is -2.01. The van der Waals surface area contributed by atoms with E-state index in [4.69, 9.17) is 9.15 Å². The molecule has 0 atom stereocenters. The summed E-state index contributed by atoms with van der Waals surface area (Å²) >= 11 is 0. The Kier molecular flexibility index (Phi) is 2.64. The van der Waals surface area contributed by atoms with Gasteiger partial charge in [0.15, 0.2) is 5.43 Å². The molecule has 2 aromatic carbocycles. The number of ether oxygens (including phenoxy) is 1. The molecular formula is C18H12O3. The summed E-state index contributed by atoms with van der Waals surface area (Å²) in [5.74, 6) is 1.42. The largest absolute Gasteiger partial charge is 0.489 e. The first-order chi connectivity index (χ1) is 10.3. The third kappa shape index (κ3) is 2.03. The summed E-state index contributed by atoms with van der Waals surface area (Å²) in [5.41, 5.74) is 2.43. The van der Waals surface area contributed by atoms with Crippen LogP contribution in [0.15, 0.2) is 63.8 Å². The molecule has 0 fully saturated rings. The minimum atomic E-state index is -0.0311. The second kappa shape index (κ2) is 4.63. The second-order valence-electron chi connectivity index (χ2n) is 4.94. The fraction of sp³-hybridized carbons (Fsp3) is 0.0556. The Morgan fingerprint density at radius 1 is 1.00 bits per heavy atom. The van der Waals surface area contributed by atoms with Gasteiger partial charge in [0.2, 0.25) is 0 Å². The quantitative estimate of drug-likeness (QED) is 0.677. The summed E-state index contributed by atoms with van der Waals surface area (Å²) in [6, 6.07) is 14.6. The van der Waals surface area contributed by atoms with Gasteiger partial charge in [0.1, 0.15) is 23.7 Å². The SMILES string of the molecule is O=c1cc(-c2ccc3c(c2)C=CCO3)oc2ccccc12. The van der Waals surface area contributed by atoms with Crippen LogP contribution >= 0.6 is 0 Å². The Morgan fingerprint density at radius 2 is 1.90 bits per heavy atom. The smallest absolute Gasteiger partial charge is 0.193 e. The molecule has 1 aliphatic heterocycles. The molecule has 0 saturated carbocycles. The maximum absolute atomic E-state index is 12.2. The standard InChI is InChI=1S/C18H12O3/c19-15-11-18(21-17-6-2-1-5-14(15)17)13-7-8-16-12(10-13)4-3-9-20-16/h1-8,10-11H,9H2. The van der Waals surface area contributed by atoms with Crippen LogP contribution in [0.5, 0.6) is 5.75 Å². The zero-order valence-corrected chi connectivity index (χ0v) is 11.2. The highest BCUT2D eigenvalue weighted by Crippen LogP contribution is 2.30. The molecule has 0 aliphatic carbocycles. The highest BCUT2D eigenvalue weighted by atomic mass is 16.5. The fourth-order valence-corrected chi connectivity index (χ4v) is 2.52. The van der Waals surface area contributed by atoms with Crippen LogP contribution in [-0.4, -0.2) is 6.61 Å². The molecule has 0 bridgehead atoms. The van der Waals surface area contributed by atoms with Crippen molar-refractivity contribution in [2.45, 2.75) is 0 Å². The van der Waals surface area contributed by atoms with Crippen LogP contribution in [0.4, 0.5) is 0 Å². The lowest BCUT2D eigenvalue weighted by molar-refractivity contribution is 0.358. The summed E-state index contributed by atoms with van der Waals surface area (Å²) in [7, 11) is 0. The van der Waals surface area contributed by atoms with Gasteiger partial charge in [-0.1, -0.05) is 18.2 Å². The van der Waals surface area contributed by atoms with Gasteiger partial charge in [0.05, 0.1) is 5.39 Å². The number of hydrogen-bond acceptors (Lipinski definition) is 3. The van der Waals surface area contributed by atoms with Crippen LogP contribution in [0.2, 0.25) is 0 Å². The van der Waals surface area contributed by atoms with Crippen LogP contribution in [0.1, 0.15) is 5.56 Å². The Morgan fingerprint density at radius 3 is 2.86 bits per heavy atom. The molecule has 21 heavy (non-hydrogen) atoms. The summed E-state index contributed by atoms with van der Waals surface area (Å²) in [5, 5.41) is 0.599. The van der Waals surface area contributed by atoms with Crippen molar-refractivity contribution in [1.29, 1.82) is 0 Å². The molecule has 4 rings (SSSR count). The van der Waals surface area contributed by atoms with Gasteiger partial charge in [-0.05, 0) is 36.4 Å². The predicted molar refractivity (Wildman–Crippen MR) is 82.4 cm³/mol. The molecule has 0 saturated heterocycles. The minimum Gasteiger partial charge on any atom is -0.489 e. The molecule has 0 radical (unpaired) electrons. The average Bonchev–Trinajstić information content (AvgIpc) is 2.54. The Hall–Kier alpha value is -2.81. The Bertz CT molecular complexity index is 919. The van der Waals surface area contributed by atoms with Gasteiger partial charge in [0.25, 0.3) is 0 Å². The van der Waals surface area contributed by atoms with Gasteiger partial charge in [-0.3, -0.25) is 4.79 Å². The Labute approximate surface area is 121 Å². The van der Waals surface area contributed by atoms with Gasteiger partial charge in [-0.2, -0.15) is 0 Å². The lowest BCUT2D eigenvalue weighted by Gasteiger charge is -2.13. The van der Waals surface area contributed by atoms with E-state index in [1.54, 1.807) is 6.07 Å². The van der Waals surface area contributed by atoms with E-state index < -0.39 is 0 Å². The number of rotatable bonds is 1. The van der Waals surface area contributed by atoms with E-state index in [9.17, 15) is 4.79 Å². The first-order valence-electron chi connectivity index (χ1n) is 6.78. The van der Waals surface area contributed by atoms with Gasteiger partial charge < -0.3 is 9.15 Å². The molecule has 1 aromatic heterocycles. The second-order valence-corrected chi connectivity index (χ2v) is 4.94. The number of para-hydroxylation sites is 1. The minimum absolute atomic E-state index is 0.0311. The van der Waals surface area contributed by atoms with Crippen LogP contribution in [-0.2, 0) is 0 Å². The molecule has 3 aromatic rings. The molecular weight excluding hydrogens is 264 g/mol. The van der Waals surface area contributed by atoms with E-state index >= 15 is 0 Å². The fourth-order valence-electron chi connectivity index (χ4n) is 2.52. The number of benzene rings is 2. The molecule has 3 heteroatoms. The molecule has 0 unspecified atom stereocenters. The summed E-state index contributed by atoms with van der Waals surface area (Å²) in [6.07, 6.45) is 3.98. The van der Waals surface area contributed by atoms with E-state index in [0.717, 1.165) is 16.9 Å². The number of fused-ring (bicyclic) bond motifs is 2. The van der Waals surface area contributed by atoms with Gasteiger partial charge in [-0.15, -0.1) is 0 Å². The summed E-state index contributed by atoms with van der Waals surface area (Å²) in [6.45, 7) is 0.595. The summed E-state index contributed by atoms with van der Waals surface area (Å²) in [4.78, 5) is 12.2. The Balaban J connectivity index is 1.91. The maximum Gasteiger partial charge on any atom is 0.193 e. The molecule has 1 aliphatic rings. The van der Waals surface area contributed by atoms with Crippen molar-refractivity contribution in [3.05, 3.63) is 70.4 Å². The molecule has 0 amide bonds. The van der Waals surface area contributed by atoms with Gasteiger partial charge >= 0.3 is 0 Å². The molecule has 0 spiro atoms. The first kappa shape index (κ1) is 12.0. The van der Waals surface area contributed by atoms with Crippen LogP contribution < -0.4 is 10.2 Å². The average molecular weight is 276 g/mol. The van der Waals surface area contributed by atoms with Crippen molar-refractivity contribution < 1.29 is 9.15 Å². The van der Waals surface area contributed by atoms with Crippen molar-refractivity contribution in [2.24, 2.45) is 0 Å². The lowest BCUT2D eigenvalue weighted by atomic mass is 10.1. The normalized spacial score (nSPS) is 13.0. The van der Waals surface area contributed by atoms with Crippen molar-refractivity contribution in [1.82, 2.24) is 0 Å². The molecule has 0 N–H and O–H groups in total. The van der Waals surface area contributed by atoms with Crippen molar-refractivity contribution in [2.75, 3.05) is 6.61 Å². The number of hydrogen-bond donors (Lipinski definition) is 0. The van der Waals surface area contributed by atoms with Gasteiger partial charge in [-0.25, -0.2) is 0 Å². The zero-order chi connectivity index (χ0) is 14.2. The predicted octanol–water partition coefficient (Wildman–Crippen LogP) is 3.87. The molecule has 3 nitrogen and oxygen atoms in total. The van der Waals surface area contributed by atoms with E-state index in [2.05, 4.69) is 0 Å². The monoisotopic (exact) mass is 276 g/mol. The molecule has 2 heterocycles. The molecule has 102 valence electrons. The highest BCUT2D eigenvalue weighted by molar-refractivity contribution is 5.79. The van der Waals surface area contributed by atoms with E-state index in [1.807, 2.05) is 48.6 Å².